The van der Waals surface area contributed by atoms with Gasteiger partial charge in [-0.05, 0) is 5.56 Å². The van der Waals surface area contributed by atoms with E-state index in [0.29, 0.717) is 6.54 Å². The van der Waals surface area contributed by atoms with E-state index in [-0.39, 0.29) is 12.2 Å². The van der Waals surface area contributed by atoms with Crippen molar-refractivity contribution in [1.29, 1.82) is 0 Å². The lowest BCUT2D eigenvalue weighted by molar-refractivity contribution is -0.384. The number of hydrogen-bond donors (Lipinski definition) is 3. The molecule has 0 spiro atoms. The molecule has 7 nitrogen and oxygen atoms in total. The van der Waals surface area contributed by atoms with Gasteiger partial charge in [-0.25, -0.2) is 0 Å². The van der Waals surface area contributed by atoms with Gasteiger partial charge in [-0.3, -0.25) is 14.9 Å². The van der Waals surface area contributed by atoms with Crippen LogP contribution in [0.4, 0.5) is 5.69 Å². The molecular weight excluding hydrogens is 226 g/mol. The summed E-state index contributed by atoms with van der Waals surface area (Å²) in [5.41, 5.74) is 5.70. The van der Waals surface area contributed by atoms with E-state index in [1.54, 1.807) is 12.1 Å². The summed E-state index contributed by atoms with van der Waals surface area (Å²) in [5, 5.41) is 22.3. The minimum absolute atomic E-state index is 0.0194. The Hall–Kier alpha value is -1.99. The van der Waals surface area contributed by atoms with E-state index in [4.69, 9.17) is 10.8 Å². The van der Waals surface area contributed by atoms with Gasteiger partial charge in [-0.15, -0.1) is 0 Å². The van der Waals surface area contributed by atoms with E-state index in [1.165, 1.54) is 12.1 Å². The molecule has 7 heteroatoms. The highest BCUT2D eigenvalue weighted by Crippen LogP contribution is 2.11. The van der Waals surface area contributed by atoms with Crippen molar-refractivity contribution in [2.24, 2.45) is 5.73 Å². The maximum Gasteiger partial charge on any atom is 0.269 e. The third-order valence-electron chi connectivity index (χ3n) is 2.14. The fourth-order valence-corrected chi connectivity index (χ4v) is 1.19. The van der Waals surface area contributed by atoms with Gasteiger partial charge >= 0.3 is 0 Å². The van der Waals surface area contributed by atoms with Gasteiger partial charge in [0, 0.05) is 25.2 Å². The molecule has 92 valence electrons. The molecule has 0 saturated carbocycles. The van der Waals surface area contributed by atoms with Crippen molar-refractivity contribution >= 4 is 11.6 Å². The van der Waals surface area contributed by atoms with Crippen LogP contribution >= 0.6 is 0 Å². The van der Waals surface area contributed by atoms with Crippen LogP contribution in [-0.4, -0.2) is 28.6 Å². The van der Waals surface area contributed by atoms with E-state index < -0.39 is 16.9 Å². The summed E-state index contributed by atoms with van der Waals surface area (Å²) in [4.78, 5) is 20.4. The molecular formula is C10H13N3O4. The quantitative estimate of drug-likeness (QED) is 0.458. The average Bonchev–Trinajstić information content (AvgIpc) is 2.29. The first-order valence-corrected chi connectivity index (χ1v) is 4.92. The van der Waals surface area contributed by atoms with Gasteiger partial charge in [0.05, 0.1) is 4.92 Å². The van der Waals surface area contributed by atoms with Crippen LogP contribution in [-0.2, 0) is 11.3 Å². The Bertz CT molecular complexity index is 405. The van der Waals surface area contributed by atoms with Gasteiger partial charge in [-0.2, -0.15) is 0 Å². The third-order valence-corrected chi connectivity index (χ3v) is 2.14. The predicted octanol–water partition coefficient (Wildman–Crippen LogP) is -0.469. The molecule has 0 aromatic heterocycles. The molecule has 1 aromatic carbocycles. The molecule has 0 saturated heterocycles. The third kappa shape index (κ3) is 4.17. The molecule has 0 aliphatic carbocycles. The topological polar surface area (TPSA) is 118 Å². The maximum atomic E-state index is 10.5. The number of nitrogens with one attached hydrogen (secondary N) is 1. The molecule has 0 aliphatic rings. The number of aliphatic hydroxyl groups excluding tert-OH is 1. The Labute approximate surface area is 97.4 Å². The SMILES string of the molecule is NC(=O)C(O)CNCc1ccc([N+](=O)[O-])cc1. The average molecular weight is 239 g/mol. The smallest absolute Gasteiger partial charge is 0.269 e. The summed E-state index contributed by atoms with van der Waals surface area (Å²) < 4.78 is 0. The largest absolute Gasteiger partial charge is 0.382 e. The van der Waals surface area contributed by atoms with Crippen molar-refractivity contribution < 1.29 is 14.8 Å². The van der Waals surface area contributed by atoms with Crippen molar-refractivity contribution in [3.63, 3.8) is 0 Å². The molecule has 1 rings (SSSR count). The summed E-state index contributed by atoms with van der Waals surface area (Å²) in [6.07, 6.45) is -1.23. The molecule has 1 atom stereocenters. The van der Waals surface area contributed by atoms with E-state index in [1.807, 2.05) is 0 Å². The van der Waals surface area contributed by atoms with Crippen LogP contribution in [0.5, 0.6) is 0 Å². The predicted molar refractivity (Wildman–Crippen MR) is 60.0 cm³/mol. The first-order chi connectivity index (χ1) is 8.00. The van der Waals surface area contributed by atoms with Crippen LogP contribution in [0.1, 0.15) is 5.56 Å². The number of nitrogens with two attached hydrogens (primary N) is 1. The number of rotatable bonds is 6. The summed E-state index contributed by atoms with van der Waals surface area (Å²) in [6.45, 7) is 0.439. The number of nitrogens with zero attached hydrogens (tertiary/aromatic N) is 1. The zero-order valence-corrected chi connectivity index (χ0v) is 9.00. The molecule has 0 bridgehead atoms. The monoisotopic (exact) mass is 239 g/mol. The van der Waals surface area contributed by atoms with Crippen LogP contribution in [0.25, 0.3) is 0 Å². The normalized spacial score (nSPS) is 12.1. The lowest BCUT2D eigenvalue weighted by Gasteiger charge is -2.08. The Morgan fingerprint density at radius 2 is 2.06 bits per heavy atom. The lowest BCUT2D eigenvalue weighted by atomic mass is 10.2. The zero-order chi connectivity index (χ0) is 12.8. The summed E-state index contributed by atoms with van der Waals surface area (Å²) in [6, 6.07) is 5.98. The van der Waals surface area contributed by atoms with Crippen LogP contribution in [0.3, 0.4) is 0 Å². The number of carbonyl (C=O) groups excluding carboxylic acids is 1. The number of amides is 1. The second-order valence-corrected chi connectivity index (χ2v) is 3.47. The van der Waals surface area contributed by atoms with Crippen molar-refractivity contribution in [2.45, 2.75) is 12.6 Å². The molecule has 0 radical (unpaired) electrons. The molecule has 4 N–H and O–H groups in total. The summed E-state index contributed by atoms with van der Waals surface area (Å²) >= 11 is 0. The molecule has 1 aromatic rings. The Kier molecular flexibility index (Phi) is 4.56. The van der Waals surface area contributed by atoms with Gasteiger partial charge in [-0.1, -0.05) is 12.1 Å². The fourth-order valence-electron chi connectivity index (χ4n) is 1.19. The Morgan fingerprint density at radius 1 is 1.47 bits per heavy atom. The highest BCUT2D eigenvalue weighted by Gasteiger charge is 2.09. The van der Waals surface area contributed by atoms with Crippen molar-refractivity contribution in [2.75, 3.05) is 6.54 Å². The number of aliphatic hydroxyl groups is 1. The fraction of sp³-hybridized carbons (Fsp3) is 0.300. The second-order valence-electron chi connectivity index (χ2n) is 3.47. The molecule has 0 aliphatic heterocycles. The minimum Gasteiger partial charge on any atom is -0.382 e. The van der Waals surface area contributed by atoms with Gasteiger partial charge < -0.3 is 16.2 Å². The minimum atomic E-state index is -1.23. The summed E-state index contributed by atoms with van der Waals surface area (Å²) in [7, 11) is 0. The number of nitro benzene ring substituents is 1. The molecule has 1 amide bonds. The highest BCUT2D eigenvalue weighted by molar-refractivity contribution is 5.78. The molecule has 1 unspecified atom stereocenters. The highest BCUT2D eigenvalue weighted by atomic mass is 16.6. The number of non-ortho nitro benzene ring substituents is 1. The van der Waals surface area contributed by atoms with Crippen molar-refractivity contribution in [3.8, 4) is 0 Å². The van der Waals surface area contributed by atoms with Crippen molar-refractivity contribution in [3.05, 3.63) is 39.9 Å². The second kappa shape index (κ2) is 5.92. The standard InChI is InChI=1S/C10H13N3O4/c11-10(15)9(14)6-12-5-7-1-3-8(4-2-7)13(16)17/h1-4,9,12,14H,5-6H2,(H2,11,15). The van der Waals surface area contributed by atoms with Gasteiger partial charge in [0.1, 0.15) is 6.10 Å². The Balaban J connectivity index is 2.42. The number of benzene rings is 1. The first-order valence-electron chi connectivity index (χ1n) is 4.92. The van der Waals surface area contributed by atoms with Gasteiger partial charge in [0.2, 0.25) is 5.91 Å². The zero-order valence-electron chi connectivity index (χ0n) is 9.00. The van der Waals surface area contributed by atoms with Crippen LogP contribution in [0.15, 0.2) is 24.3 Å². The number of carbonyl (C=O) groups is 1. The van der Waals surface area contributed by atoms with Gasteiger partial charge in [0.15, 0.2) is 0 Å². The molecule has 17 heavy (non-hydrogen) atoms. The Morgan fingerprint density at radius 3 is 2.53 bits per heavy atom. The number of nitro groups is 1. The molecule has 0 fully saturated rings. The first kappa shape index (κ1) is 13.1. The van der Waals surface area contributed by atoms with Gasteiger partial charge in [0.25, 0.3) is 5.69 Å². The van der Waals surface area contributed by atoms with E-state index in [9.17, 15) is 14.9 Å². The van der Waals surface area contributed by atoms with E-state index in [0.717, 1.165) is 5.56 Å². The van der Waals surface area contributed by atoms with Crippen molar-refractivity contribution in [1.82, 2.24) is 5.32 Å². The van der Waals surface area contributed by atoms with Crippen LogP contribution < -0.4 is 11.1 Å². The van der Waals surface area contributed by atoms with E-state index >= 15 is 0 Å². The number of hydrogen-bond acceptors (Lipinski definition) is 5. The van der Waals surface area contributed by atoms with E-state index in [2.05, 4.69) is 5.32 Å². The number of primary amides is 1. The molecule has 0 heterocycles. The summed E-state index contributed by atoms with van der Waals surface area (Å²) in [5.74, 6) is -0.791. The maximum absolute atomic E-state index is 10.5. The van der Waals surface area contributed by atoms with Crippen LogP contribution in [0, 0.1) is 10.1 Å². The van der Waals surface area contributed by atoms with Crippen LogP contribution in [0.2, 0.25) is 0 Å². The lowest BCUT2D eigenvalue weighted by Crippen LogP contribution is -2.37.